The minimum Gasteiger partial charge on any atom is -0.481 e. The second kappa shape index (κ2) is 5.49. The van der Waals surface area contributed by atoms with E-state index in [1.165, 1.54) is 11.3 Å². The molecule has 0 atom stereocenters. The van der Waals surface area contributed by atoms with Crippen LogP contribution in [0.1, 0.15) is 24.3 Å². The van der Waals surface area contributed by atoms with E-state index in [1.54, 1.807) is 0 Å². The molecule has 1 N–H and O–H groups in total. The fourth-order valence-corrected chi connectivity index (χ4v) is 2.61. The first-order valence-electron chi connectivity index (χ1n) is 5.36. The zero-order valence-electron chi connectivity index (χ0n) is 9.64. The van der Waals surface area contributed by atoms with Crippen molar-refractivity contribution < 1.29 is 14.3 Å². The van der Waals surface area contributed by atoms with Crippen molar-refractivity contribution in [3.63, 3.8) is 0 Å². The summed E-state index contributed by atoms with van der Waals surface area (Å²) in [5.74, 6) is 0.00320. The molecule has 0 saturated carbocycles. The van der Waals surface area contributed by atoms with Gasteiger partial charge in [-0.2, -0.15) is 0 Å². The van der Waals surface area contributed by atoms with Crippen molar-refractivity contribution in [2.45, 2.75) is 26.2 Å². The Labute approximate surface area is 112 Å². The van der Waals surface area contributed by atoms with Crippen LogP contribution in [0.2, 0.25) is 5.02 Å². The molecule has 2 aromatic heterocycles. The van der Waals surface area contributed by atoms with E-state index in [2.05, 4.69) is 10.2 Å². The van der Waals surface area contributed by atoms with Gasteiger partial charge in [0.05, 0.1) is 5.02 Å². The maximum absolute atomic E-state index is 10.4. The van der Waals surface area contributed by atoms with Crippen molar-refractivity contribution in [3.8, 4) is 10.8 Å². The molecule has 2 aromatic rings. The van der Waals surface area contributed by atoms with Gasteiger partial charge in [0, 0.05) is 12.8 Å². The first kappa shape index (κ1) is 13.0. The van der Waals surface area contributed by atoms with E-state index in [4.69, 9.17) is 21.1 Å². The van der Waals surface area contributed by atoms with Gasteiger partial charge in [0.15, 0.2) is 0 Å². The molecule has 0 aliphatic carbocycles. The number of halogens is 1. The van der Waals surface area contributed by atoms with E-state index in [-0.39, 0.29) is 6.42 Å². The Morgan fingerprint density at radius 2 is 2.33 bits per heavy atom. The van der Waals surface area contributed by atoms with Crippen LogP contribution in [0.5, 0.6) is 0 Å². The zero-order valence-corrected chi connectivity index (χ0v) is 11.2. The topological polar surface area (TPSA) is 76.2 Å². The van der Waals surface area contributed by atoms with Gasteiger partial charge >= 0.3 is 5.97 Å². The Balaban J connectivity index is 2.06. The maximum atomic E-state index is 10.4. The number of carboxylic acid groups (broad SMARTS) is 1. The van der Waals surface area contributed by atoms with E-state index < -0.39 is 5.97 Å². The summed E-state index contributed by atoms with van der Waals surface area (Å²) in [5.41, 5.74) is 0.974. The highest BCUT2D eigenvalue weighted by atomic mass is 35.5. The van der Waals surface area contributed by atoms with Crippen LogP contribution in [-0.4, -0.2) is 21.3 Å². The van der Waals surface area contributed by atoms with Gasteiger partial charge in [-0.05, 0) is 24.3 Å². The molecule has 0 aromatic carbocycles. The van der Waals surface area contributed by atoms with Gasteiger partial charge in [-0.3, -0.25) is 4.79 Å². The van der Waals surface area contributed by atoms with E-state index >= 15 is 0 Å². The summed E-state index contributed by atoms with van der Waals surface area (Å²) in [5, 5.41) is 18.9. The Morgan fingerprint density at radius 1 is 1.56 bits per heavy atom. The molecular weight excluding hydrogens is 276 g/mol. The minimum absolute atomic E-state index is 0.0938. The Hall–Kier alpha value is -1.40. The summed E-state index contributed by atoms with van der Waals surface area (Å²) in [7, 11) is 0. The number of aromatic nitrogens is 2. The third-order valence-corrected chi connectivity index (χ3v) is 4.03. The fourth-order valence-electron chi connectivity index (χ4n) is 1.41. The van der Waals surface area contributed by atoms with E-state index in [0.717, 1.165) is 10.4 Å². The summed E-state index contributed by atoms with van der Waals surface area (Å²) in [6.45, 7) is 1.91. The molecule has 5 nitrogen and oxygen atoms in total. The normalized spacial score (nSPS) is 10.8. The van der Waals surface area contributed by atoms with Gasteiger partial charge in [-0.1, -0.05) is 11.6 Å². The van der Waals surface area contributed by atoms with Crippen LogP contribution in [0.25, 0.3) is 10.8 Å². The van der Waals surface area contributed by atoms with Crippen molar-refractivity contribution in [1.82, 2.24) is 10.2 Å². The highest BCUT2D eigenvalue weighted by molar-refractivity contribution is 7.14. The number of hydrogen-bond donors (Lipinski definition) is 1. The second-order valence-electron chi connectivity index (χ2n) is 3.81. The third kappa shape index (κ3) is 2.88. The maximum Gasteiger partial charge on any atom is 0.303 e. The number of carbonyl (C=O) groups is 1. The molecule has 7 heteroatoms. The predicted octanol–water partition coefficient (Wildman–Crippen LogP) is 3.17. The first-order valence-corrected chi connectivity index (χ1v) is 6.62. The largest absolute Gasteiger partial charge is 0.481 e. The van der Waals surface area contributed by atoms with E-state index in [9.17, 15) is 4.79 Å². The van der Waals surface area contributed by atoms with Crippen molar-refractivity contribution in [3.05, 3.63) is 21.9 Å². The van der Waals surface area contributed by atoms with Gasteiger partial charge < -0.3 is 9.52 Å². The standard InChI is InChI=1S/C11H11ClN2O3S/c1-6-5-18-10(9(6)12)11-14-13-7(17-11)3-2-4-8(15)16/h5H,2-4H2,1H3,(H,15,16). The number of aryl methyl sites for hydroxylation is 2. The molecule has 0 spiro atoms. The van der Waals surface area contributed by atoms with Crippen LogP contribution in [0.15, 0.2) is 9.80 Å². The highest BCUT2D eigenvalue weighted by Crippen LogP contribution is 2.35. The molecule has 0 aliphatic heterocycles. The zero-order chi connectivity index (χ0) is 13.1. The van der Waals surface area contributed by atoms with Crippen LogP contribution in [-0.2, 0) is 11.2 Å². The molecule has 0 radical (unpaired) electrons. The molecule has 0 aliphatic rings. The lowest BCUT2D eigenvalue weighted by Crippen LogP contribution is -1.95. The van der Waals surface area contributed by atoms with E-state index in [0.29, 0.717) is 29.6 Å². The van der Waals surface area contributed by atoms with Crippen molar-refractivity contribution in [1.29, 1.82) is 0 Å². The SMILES string of the molecule is Cc1csc(-c2nnc(CCCC(=O)O)o2)c1Cl. The van der Waals surface area contributed by atoms with Crippen LogP contribution >= 0.6 is 22.9 Å². The molecule has 18 heavy (non-hydrogen) atoms. The fraction of sp³-hybridized carbons (Fsp3) is 0.364. The molecular formula is C11H11ClN2O3S. The lowest BCUT2D eigenvalue weighted by Gasteiger charge is -1.92. The summed E-state index contributed by atoms with van der Waals surface area (Å²) in [6.07, 6.45) is 1.03. The molecule has 0 fully saturated rings. The Bertz CT molecular complexity index is 564. The number of rotatable bonds is 5. The average Bonchev–Trinajstić information content (AvgIpc) is 2.88. The minimum atomic E-state index is -0.827. The van der Waals surface area contributed by atoms with Gasteiger partial charge in [-0.25, -0.2) is 0 Å². The third-order valence-electron chi connectivity index (χ3n) is 2.34. The Morgan fingerprint density at radius 3 is 2.94 bits per heavy atom. The van der Waals surface area contributed by atoms with E-state index in [1.807, 2.05) is 12.3 Å². The van der Waals surface area contributed by atoms with Crippen LogP contribution in [0.4, 0.5) is 0 Å². The van der Waals surface area contributed by atoms with Gasteiger partial charge in [0.25, 0.3) is 5.89 Å². The first-order chi connectivity index (χ1) is 8.58. The molecule has 96 valence electrons. The molecule has 0 saturated heterocycles. The van der Waals surface area contributed by atoms with Crippen LogP contribution in [0, 0.1) is 6.92 Å². The second-order valence-corrected chi connectivity index (χ2v) is 5.07. The number of thiophene rings is 1. The van der Waals surface area contributed by atoms with Crippen molar-refractivity contribution >= 4 is 28.9 Å². The smallest absolute Gasteiger partial charge is 0.303 e. The monoisotopic (exact) mass is 286 g/mol. The number of nitrogens with zero attached hydrogens (tertiary/aromatic N) is 2. The summed E-state index contributed by atoms with van der Waals surface area (Å²) >= 11 is 7.55. The quantitative estimate of drug-likeness (QED) is 0.913. The lowest BCUT2D eigenvalue weighted by atomic mass is 10.2. The predicted molar refractivity (Wildman–Crippen MR) is 67.9 cm³/mol. The van der Waals surface area contributed by atoms with Gasteiger partial charge in [-0.15, -0.1) is 21.5 Å². The van der Waals surface area contributed by atoms with Crippen molar-refractivity contribution in [2.75, 3.05) is 0 Å². The van der Waals surface area contributed by atoms with Gasteiger partial charge in [0.1, 0.15) is 4.88 Å². The Kier molecular flexibility index (Phi) is 3.98. The molecule has 0 unspecified atom stereocenters. The number of hydrogen-bond acceptors (Lipinski definition) is 5. The summed E-state index contributed by atoms with van der Waals surface area (Å²) in [6, 6.07) is 0. The average molecular weight is 287 g/mol. The summed E-state index contributed by atoms with van der Waals surface area (Å²) in [4.78, 5) is 11.1. The number of carboxylic acids is 1. The van der Waals surface area contributed by atoms with Gasteiger partial charge in [0.2, 0.25) is 5.89 Å². The number of aliphatic carboxylic acids is 1. The van der Waals surface area contributed by atoms with Crippen LogP contribution < -0.4 is 0 Å². The summed E-state index contributed by atoms with van der Waals surface area (Å²) < 4.78 is 5.46. The molecule has 2 rings (SSSR count). The van der Waals surface area contributed by atoms with Crippen molar-refractivity contribution in [2.24, 2.45) is 0 Å². The molecule has 0 amide bonds. The molecule has 0 bridgehead atoms. The van der Waals surface area contributed by atoms with Crippen LogP contribution in [0.3, 0.4) is 0 Å². The highest BCUT2D eigenvalue weighted by Gasteiger charge is 2.15. The molecule has 2 heterocycles. The lowest BCUT2D eigenvalue weighted by molar-refractivity contribution is -0.137.